The number of ether oxygens (including phenoxy) is 1. The van der Waals surface area contributed by atoms with Gasteiger partial charge in [-0.1, -0.05) is 0 Å². The first-order valence-electron chi connectivity index (χ1n) is 8.92. The molecule has 0 aliphatic carbocycles. The molecule has 9 heteroatoms. The molecule has 1 aromatic carbocycles. The second-order valence-electron chi connectivity index (χ2n) is 6.85. The molecule has 3 atom stereocenters. The summed E-state index contributed by atoms with van der Waals surface area (Å²) in [4.78, 5) is 13.4. The van der Waals surface area contributed by atoms with E-state index < -0.39 is 22.2 Å². The summed E-state index contributed by atoms with van der Waals surface area (Å²) in [6.07, 6.45) is 4.57. The lowest BCUT2D eigenvalue weighted by Crippen LogP contribution is -3.18. The molecule has 1 aromatic rings. The van der Waals surface area contributed by atoms with Crippen molar-refractivity contribution in [2.75, 3.05) is 19.7 Å². The smallest absolute Gasteiger partial charge is 0.423 e. The van der Waals surface area contributed by atoms with E-state index in [0.717, 1.165) is 56.6 Å². The highest BCUT2D eigenvalue weighted by atomic mass is 32.2. The first kappa shape index (κ1) is 18.9. The molecule has 3 rings (SSSR count). The van der Waals surface area contributed by atoms with Crippen molar-refractivity contribution in [3.63, 3.8) is 0 Å². The van der Waals surface area contributed by atoms with Crippen LogP contribution in [0.25, 0.3) is 0 Å². The van der Waals surface area contributed by atoms with E-state index >= 15 is 0 Å². The highest BCUT2D eigenvalue weighted by Gasteiger charge is 2.37. The number of hydrogen-bond acceptors (Lipinski definition) is 5. The molecule has 3 unspecified atom stereocenters. The Labute approximate surface area is 152 Å². The van der Waals surface area contributed by atoms with E-state index in [0.29, 0.717) is 6.04 Å². The van der Waals surface area contributed by atoms with E-state index in [9.17, 15) is 17.6 Å². The van der Waals surface area contributed by atoms with Gasteiger partial charge in [-0.2, -0.15) is 13.1 Å². The zero-order valence-electron chi connectivity index (χ0n) is 14.4. The number of nitrogens with one attached hydrogen (secondary N) is 2. The summed E-state index contributed by atoms with van der Waals surface area (Å²) >= 11 is 0. The number of benzene rings is 1. The summed E-state index contributed by atoms with van der Waals surface area (Å²) in [7, 11) is -4.38. The first-order chi connectivity index (χ1) is 12.4. The standard InChI is InChI=1S/C17H23FN2O5S/c18-14-6-8-15(9-7-14)25-26(22,23)19-17(21)24-12-13-4-3-11-20-10-2-1-5-16(13)20/h6-9,13,16H,1-5,10-12H2,(H,19,21)/p+1. The molecule has 2 fully saturated rings. The van der Waals surface area contributed by atoms with Crippen molar-refractivity contribution < 1.29 is 31.4 Å². The van der Waals surface area contributed by atoms with E-state index in [1.165, 1.54) is 12.8 Å². The van der Waals surface area contributed by atoms with Crippen LogP contribution in [-0.4, -0.2) is 40.2 Å². The molecule has 26 heavy (non-hydrogen) atoms. The predicted molar refractivity (Wildman–Crippen MR) is 91.5 cm³/mol. The maximum Gasteiger partial charge on any atom is 0.423 e. The van der Waals surface area contributed by atoms with Crippen LogP contribution in [0.1, 0.15) is 32.1 Å². The number of rotatable bonds is 5. The number of carbonyl (C=O) groups excluding carboxylic acids is 1. The van der Waals surface area contributed by atoms with Crippen LogP contribution in [0, 0.1) is 11.7 Å². The Balaban J connectivity index is 1.49. The summed E-state index contributed by atoms with van der Waals surface area (Å²) in [6, 6.07) is 4.91. The quantitative estimate of drug-likeness (QED) is 0.788. The molecule has 0 radical (unpaired) electrons. The van der Waals surface area contributed by atoms with E-state index in [1.54, 1.807) is 9.62 Å². The van der Waals surface area contributed by atoms with Gasteiger partial charge in [0, 0.05) is 5.92 Å². The number of halogens is 1. The minimum Gasteiger partial charge on any atom is -0.448 e. The van der Waals surface area contributed by atoms with Crippen LogP contribution < -0.4 is 13.8 Å². The lowest BCUT2D eigenvalue weighted by molar-refractivity contribution is -0.940. The highest BCUT2D eigenvalue weighted by molar-refractivity contribution is 7.85. The SMILES string of the molecule is O=C(NS(=O)(=O)Oc1ccc(F)cc1)OCC1CCC[NH+]2CCCCC12. The zero-order chi connectivity index (χ0) is 18.6. The molecule has 1 amide bonds. The van der Waals surface area contributed by atoms with Gasteiger partial charge in [0.15, 0.2) is 0 Å². The Kier molecular flexibility index (Phi) is 5.98. The van der Waals surface area contributed by atoms with Gasteiger partial charge in [0.25, 0.3) is 0 Å². The van der Waals surface area contributed by atoms with E-state index in [1.807, 2.05) is 0 Å². The van der Waals surface area contributed by atoms with Gasteiger partial charge in [-0.25, -0.2) is 9.18 Å². The number of carbonyl (C=O) groups is 1. The normalized spacial score (nSPS) is 25.8. The highest BCUT2D eigenvalue weighted by Crippen LogP contribution is 2.20. The Morgan fingerprint density at radius 3 is 2.65 bits per heavy atom. The van der Waals surface area contributed by atoms with Crippen molar-refractivity contribution in [3.05, 3.63) is 30.1 Å². The fraction of sp³-hybridized carbons (Fsp3) is 0.588. The molecule has 0 bridgehead atoms. The van der Waals surface area contributed by atoms with Crippen LogP contribution >= 0.6 is 0 Å². The summed E-state index contributed by atoms with van der Waals surface area (Å²) in [5.41, 5.74) is 0. The predicted octanol–water partition coefficient (Wildman–Crippen LogP) is 1.02. The monoisotopic (exact) mass is 387 g/mol. The Morgan fingerprint density at radius 2 is 1.88 bits per heavy atom. The van der Waals surface area contributed by atoms with Crippen LogP contribution in [-0.2, 0) is 15.0 Å². The largest absolute Gasteiger partial charge is 0.448 e. The molecule has 0 spiro atoms. The van der Waals surface area contributed by atoms with Gasteiger partial charge in [-0.05, 0) is 56.4 Å². The molecule has 0 aromatic heterocycles. The summed E-state index contributed by atoms with van der Waals surface area (Å²) < 4.78 is 48.1. The third-order valence-electron chi connectivity index (χ3n) is 5.09. The van der Waals surface area contributed by atoms with Crippen molar-refractivity contribution in [2.45, 2.75) is 38.1 Å². The van der Waals surface area contributed by atoms with Crippen LogP contribution in [0.4, 0.5) is 9.18 Å². The molecule has 7 nitrogen and oxygen atoms in total. The minimum atomic E-state index is -4.38. The third kappa shape index (κ3) is 5.07. The number of hydrogen-bond donors (Lipinski definition) is 2. The van der Waals surface area contributed by atoms with Gasteiger partial charge in [0.2, 0.25) is 0 Å². The number of amides is 1. The average molecular weight is 387 g/mol. The van der Waals surface area contributed by atoms with E-state index in [-0.39, 0.29) is 18.3 Å². The second-order valence-corrected chi connectivity index (χ2v) is 8.13. The summed E-state index contributed by atoms with van der Waals surface area (Å²) in [5, 5.41) is 0. The molecule has 2 aliphatic heterocycles. The van der Waals surface area contributed by atoms with Gasteiger partial charge < -0.3 is 13.8 Å². The molecule has 2 saturated heterocycles. The van der Waals surface area contributed by atoms with Crippen molar-refractivity contribution >= 4 is 16.4 Å². The van der Waals surface area contributed by atoms with Crippen molar-refractivity contribution in [3.8, 4) is 5.75 Å². The van der Waals surface area contributed by atoms with E-state index in [2.05, 4.69) is 0 Å². The fourth-order valence-corrected chi connectivity index (χ4v) is 4.60. The molecule has 0 saturated carbocycles. The summed E-state index contributed by atoms with van der Waals surface area (Å²) in [5.74, 6) is -0.362. The maximum atomic E-state index is 12.8. The number of quaternary nitrogens is 1. The lowest BCUT2D eigenvalue weighted by Gasteiger charge is -2.40. The van der Waals surface area contributed by atoms with Crippen molar-refractivity contribution in [1.82, 2.24) is 4.72 Å². The van der Waals surface area contributed by atoms with Crippen molar-refractivity contribution in [1.29, 1.82) is 0 Å². The van der Waals surface area contributed by atoms with Crippen LogP contribution in [0.2, 0.25) is 0 Å². The molecule has 2 heterocycles. The fourth-order valence-electron chi connectivity index (χ4n) is 3.93. The van der Waals surface area contributed by atoms with Gasteiger partial charge in [-0.15, -0.1) is 0 Å². The summed E-state index contributed by atoms with van der Waals surface area (Å²) in [6.45, 7) is 2.52. The van der Waals surface area contributed by atoms with Crippen LogP contribution in [0.15, 0.2) is 24.3 Å². The van der Waals surface area contributed by atoms with Gasteiger partial charge in [0.1, 0.15) is 18.2 Å². The Morgan fingerprint density at radius 1 is 1.15 bits per heavy atom. The van der Waals surface area contributed by atoms with Gasteiger partial charge in [0.05, 0.1) is 19.1 Å². The Bertz CT molecular complexity index is 723. The second kappa shape index (κ2) is 8.22. The molecular weight excluding hydrogens is 363 g/mol. The lowest BCUT2D eigenvalue weighted by atomic mass is 9.84. The molecular formula is C17H24FN2O5S+. The Hall–Kier alpha value is -1.87. The molecule has 2 N–H and O–H groups in total. The molecule has 144 valence electrons. The maximum absolute atomic E-state index is 12.8. The number of fused-ring (bicyclic) bond motifs is 1. The molecule has 2 aliphatic rings. The van der Waals surface area contributed by atoms with Gasteiger partial charge in [-0.3, -0.25) is 0 Å². The van der Waals surface area contributed by atoms with Crippen LogP contribution in [0.5, 0.6) is 5.75 Å². The zero-order valence-corrected chi connectivity index (χ0v) is 15.3. The first-order valence-corrected chi connectivity index (χ1v) is 10.3. The number of piperidine rings is 2. The van der Waals surface area contributed by atoms with E-state index in [4.69, 9.17) is 8.92 Å². The topological polar surface area (TPSA) is 86.1 Å². The van der Waals surface area contributed by atoms with Gasteiger partial charge >= 0.3 is 16.4 Å². The average Bonchev–Trinajstić information content (AvgIpc) is 2.61. The van der Waals surface area contributed by atoms with Crippen molar-refractivity contribution in [2.24, 2.45) is 5.92 Å². The van der Waals surface area contributed by atoms with Crippen LogP contribution in [0.3, 0.4) is 0 Å². The minimum absolute atomic E-state index is 0.0968. The third-order valence-corrected chi connectivity index (χ3v) is 5.91.